The zero-order valence-corrected chi connectivity index (χ0v) is 16.2. The maximum atomic E-state index is 12.4. The van der Waals surface area contributed by atoms with Crippen LogP contribution in [0.2, 0.25) is 0 Å². The van der Waals surface area contributed by atoms with Crippen LogP contribution in [0.1, 0.15) is 28.8 Å². The summed E-state index contributed by atoms with van der Waals surface area (Å²) in [6.07, 6.45) is 0.393. The van der Waals surface area contributed by atoms with E-state index >= 15 is 0 Å². The molecule has 0 radical (unpaired) electrons. The van der Waals surface area contributed by atoms with Crippen molar-refractivity contribution in [3.05, 3.63) is 65.7 Å². The van der Waals surface area contributed by atoms with Gasteiger partial charge in [0.05, 0.1) is 18.8 Å². The molecular weight excluding hydrogens is 380 g/mol. The number of ether oxygens (including phenoxy) is 1. The van der Waals surface area contributed by atoms with Crippen LogP contribution < -0.4 is 5.32 Å². The number of hydrogen-bond acceptors (Lipinski definition) is 5. The molecule has 0 spiro atoms. The number of benzene rings is 2. The molecule has 2 aromatic rings. The smallest absolute Gasteiger partial charge is 0.269 e. The molecule has 7 nitrogen and oxygen atoms in total. The molecule has 148 valence electrons. The molecule has 0 saturated carbocycles. The number of nitrogens with zero attached hydrogens (tertiary/aromatic N) is 1. The molecule has 0 saturated heterocycles. The number of nitrogens with one attached hydrogen (secondary N) is 1. The fourth-order valence-corrected chi connectivity index (χ4v) is 4.56. The first-order valence-electron chi connectivity index (χ1n) is 9.04. The Labute approximate surface area is 164 Å². The molecule has 3 rings (SSSR count). The van der Waals surface area contributed by atoms with E-state index < -0.39 is 15.9 Å². The fraction of sp³-hybridized carbons (Fsp3) is 0.300. The molecule has 0 bridgehead atoms. The summed E-state index contributed by atoms with van der Waals surface area (Å²) in [6.45, 7) is 1.22. The highest BCUT2D eigenvalue weighted by Crippen LogP contribution is 2.29. The molecule has 0 fully saturated rings. The average Bonchev–Trinajstić information content (AvgIpc) is 2.89. The summed E-state index contributed by atoms with van der Waals surface area (Å²) in [6, 6.07) is 15.9. The summed E-state index contributed by atoms with van der Waals surface area (Å²) < 4.78 is 31.2. The first kappa shape index (κ1) is 20.0. The molecule has 2 aromatic carbocycles. The lowest BCUT2D eigenvalue weighted by Gasteiger charge is -2.14. The van der Waals surface area contributed by atoms with Gasteiger partial charge < -0.3 is 10.1 Å². The largest absolute Gasteiger partial charge is 0.375 e. The van der Waals surface area contributed by atoms with Crippen LogP contribution in [-0.2, 0) is 26.2 Å². The number of carbonyl (C=O) groups excluding carboxylic acids is 2. The molecule has 1 N–H and O–H groups in total. The lowest BCUT2D eigenvalue weighted by atomic mass is 10.2. The van der Waals surface area contributed by atoms with E-state index in [1.807, 2.05) is 30.3 Å². The quantitative estimate of drug-likeness (QED) is 0.647. The number of fused-ring (bicyclic) bond motifs is 1. The van der Waals surface area contributed by atoms with Gasteiger partial charge in [-0.15, -0.1) is 0 Å². The van der Waals surface area contributed by atoms with Crippen molar-refractivity contribution in [2.24, 2.45) is 0 Å². The van der Waals surface area contributed by atoms with Crippen molar-refractivity contribution in [3.8, 4) is 0 Å². The van der Waals surface area contributed by atoms with E-state index in [9.17, 15) is 18.0 Å². The van der Waals surface area contributed by atoms with Crippen LogP contribution >= 0.6 is 0 Å². The molecule has 1 aliphatic heterocycles. The highest BCUT2D eigenvalue weighted by molar-refractivity contribution is 7.90. The third kappa shape index (κ3) is 4.58. The van der Waals surface area contributed by atoms with E-state index in [2.05, 4.69) is 5.32 Å². The van der Waals surface area contributed by atoms with Crippen molar-refractivity contribution >= 4 is 21.8 Å². The van der Waals surface area contributed by atoms with Gasteiger partial charge in [0.15, 0.2) is 0 Å². The number of rotatable bonds is 9. The summed E-state index contributed by atoms with van der Waals surface area (Å²) in [5.74, 6) is -0.741. The van der Waals surface area contributed by atoms with Gasteiger partial charge in [0.1, 0.15) is 4.90 Å². The zero-order chi connectivity index (χ0) is 20.0. The van der Waals surface area contributed by atoms with Gasteiger partial charge in [0.2, 0.25) is 5.91 Å². The average molecular weight is 402 g/mol. The van der Waals surface area contributed by atoms with Gasteiger partial charge in [0, 0.05) is 19.5 Å². The van der Waals surface area contributed by atoms with Crippen molar-refractivity contribution in [1.29, 1.82) is 0 Å². The van der Waals surface area contributed by atoms with E-state index in [0.717, 1.165) is 9.87 Å². The van der Waals surface area contributed by atoms with Crippen LogP contribution in [0, 0.1) is 0 Å². The minimum Gasteiger partial charge on any atom is -0.375 e. The second-order valence-corrected chi connectivity index (χ2v) is 8.20. The third-order valence-electron chi connectivity index (χ3n) is 4.36. The highest BCUT2D eigenvalue weighted by Gasteiger charge is 2.40. The summed E-state index contributed by atoms with van der Waals surface area (Å²) in [5, 5.41) is 2.73. The first-order valence-corrected chi connectivity index (χ1v) is 10.5. The molecule has 1 heterocycles. The Morgan fingerprint density at radius 2 is 1.75 bits per heavy atom. The van der Waals surface area contributed by atoms with E-state index in [1.54, 1.807) is 12.1 Å². The SMILES string of the molecule is O=C(CCCN1C(=O)c2ccccc2S1(=O)=O)NCCOCc1ccccc1. The van der Waals surface area contributed by atoms with Gasteiger partial charge in [-0.2, -0.15) is 0 Å². The molecule has 0 atom stereocenters. The van der Waals surface area contributed by atoms with Crippen LogP contribution in [0.15, 0.2) is 59.5 Å². The fourth-order valence-electron chi connectivity index (χ4n) is 2.95. The topological polar surface area (TPSA) is 92.8 Å². The lowest BCUT2D eigenvalue weighted by molar-refractivity contribution is -0.121. The second kappa shape index (κ2) is 8.99. The number of sulfonamides is 1. The zero-order valence-electron chi connectivity index (χ0n) is 15.3. The van der Waals surface area contributed by atoms with Crippen molar-refractivity contribution in [2.75, 3.05) is 19.7 Å². The first-order chi connectivity index (χ1) is 13.5. The Morgan fingerprint density at radius 3 is 2.50 bits per heavy atom. The van der Waals surface area contributed by atoms with Gasteiger partial charge >= 0.3 is 0 Å². The maximum Gasteiger partial charge on any atom is 0.269 e. The van der Waals surface area contributed by atoms with Gasteiger partial charge in [-0.05, 0) is 24.1 Å². The van der Waals surface area contributed by atoms with Gasteiger partial charge in [-0.3, -0.25) is 9.59 Å². The van der Waals surface area contributed by atoms with Crippen molar-refractivity contribution < 1.29 is 22.7 Å². The number of carbonyl (C=O) groups is 2. The number of amides is 2. The van der Waals surface area contributed by atoms with E-state index in [0.29, 0.717) is 19.8 Å². The lowest BCUT2D eigenvalue weighted by Crippen LogP contribution is -2.32. The molecule has 0 aromatic heterocycles. The molecule has 0 unspecified atom stereocenters. The maximum absolute atomic E-state index is 12.4. The normalized spacial score (nSPS) is 14.7. The molecular formula is C20H22N2O5S. The Bertz CT molecular complexity index is 944. The Hall–Kier alpha value is -2.71. The molecule has 1 aliphatic rings. The van der Waals surface area contributed by atoms with Crippen LogP contribution in [0.3, 0.4) is 0 Å². The standard InChI is InChI=1S/C20H22N2O5S/c23-19(21-12-14-27-15-16-7-2-1-3-8-16)11-6-13-22-20(24)17-9-4-5-10-18(17)28(22,25)26/h1-5,7-10H,6,11-15H2,(H,21,23). The van der Waals surface area contributed by atoms with Crippen LogP contribution in [0.4, 0.5) is 0 Å². The highest BCUT2D eigenvalue weighted by atomic mass is 32.2. The Morgan fingerprint density at radius 1 is 1.04 bits per heavy atom. The van der Waals surface area contributed by atoms with Gasteiger partial charge in [-0.25, -0.2) is 12.7 Å². The monoisotopic (exact) mass is 402 g/mol. The second-order valence-electron chi connectivity index (χ2n) is 6.37. The summed E-state index contributed by atoms with van der Waals surface area (Å²) in [4.78, 5) is 24.2. The minimum atomic E-state index is -3.81. The van der Waals surface area contributed by atoms with Crippen molar-refractivity contribution in [3.63, 3.8) is 0 Å². The van der Waals surface area contributed by atoms with E-state index in [4.69, 9.17) is 4.74 Å². The Balaban J connectivity index is 1.36. The Kier molecular flexibility index (Phi) is 6.43. The predicted molar refractivity (Wildman–Crippen MR) is 103 cm³/mol. The molecule has 8 heteroatoms. The summed E-state index contributed by atoms with van der Waals surface area (Å²) in [5.41, 5.74) is 1.24. The van der Waals surface area contributed by atoms with Crippen LogP contribution in [0.25, 0.3) is 0 Å². The van der Waals surface area contributed by atoms with Crippen molar-refractivity contribution in [1.82, 2.24) is 9.62 Å². The minimum absolute atomic E-state index is 0.0201. The van der Waals surface area contributed by atoms with Crippen LogP contribution in [-0.4, -0.2) is 44.2 Å². The third-order valence-corrected chi connectivity index (χ3v) is 6.20. The molecule has 0 aliphatic carbocycles. The molecule has 28 heavy (non-hydrogen) atoms. The number of hydrogen-bond donors (Lipinski definition) is 1. The van der Waals surface area contributed by atoms with Crippen LogP contribution in [0.5, 0.6) is 0 Å². The van der Waals surface area contributed by atoms with Gasteiger partial charge in [0.25, 0.3) is 15.9 Å². The van der Waals surface area contributed by atoms with E-state index in [-0.39, 0.29) is 35.8 Å². The predicted octanol–water partition coefficient (Wildman–Crippen LogP) is 1.94. The van der Waals surface area contributed by atoms with Gasteiger partial charge in [-0.1, -0.05) is 42.5 Å². The molecule has 2 amide bonds. The summed E-state index contributed by atoms with van der Waals surface area (Å²) in [7, 11) is -3.81. The summed E-state index contributed by atoms with van der Waals surface area (Å²) >= 11 is 0. The van der Waals surface area contributed by atoms with Crippen molar-refractivity contribution in [2.45, 2.75) is 24.3 Å². The van der Waals surface area contributed by atoms with E-state index in [1.165, 1.54) is 12.1 Å².